The van der Waals surface area contributed by atoms with Crippen molar-refractivity contribution in [1.29, 1.82) is 0 Å². The molecule has 0 aliphatic rings. The van der Waals surface area contributed by atoms with Crippen LogP contribution in [0.3, 0.4) is 0 Å². The molecule has 0 aromatic heterocycles. The van der Waals surface area contributed by atoms with Crippen LogP contribution in [0.15, 0.2) is 58.3 Å². The minimum Gasteiger partial charge on any atom is -0.478 e. The van der Waals surface area contributed by atoms with Crippen molar-refractivity contribution in [1.82, 2.24) is 0 Å². The molecule has 0 atom stereocenters. The van der Waals surface area contributed by atoms with Gasteiger partial charge in [-0.1, -0.05) is 27.7 Å². The first kappa shape index (κ1) is 28.5. The third kappa shape index (κ3) is 9.10. The van der Waals surface area contributed by atoms with Crippen molar-refractivity contribution >= 4 is 22.7 Å². The highest BCUT2D eigenvalue weighted by molar-refractivity contribution is 7.85. The van der Waals surface area contributed by atoms with Gasteiger partial charge in [0.05, 0.1) is 48.1 Å². The van der Waals surface area contributed by atoms with E-state index in [1.807, 2.05) is 0 Å². The lowest BCUT2D eigenvalue weighted by molar-refractivity contribution is -0.928. The van der Waals surface area contributed by atoms with E-state index in [0.717, 1.165) is 0 Å². The summed E-state index contributed by atoms with van der Waals surface area (Å²) in [6.07, 6.45) is 5.33. The van der Waals surface area contributed by atoms with Gasteiger partial charge in [0, 0.05) is 9.79 Å². The Bertz CT molecular complexity index is 805. The highest BCUT2D eigenvalue weighted by Crippen LogP contribution is 2.18. The Morgan fingerprint density at radius 3 is 1.12 bits per heavy atom. The maximum atomic E-state index is 12.2. The van der Waals surface area contributed by atoms with Crippen LogP contribution in [0.1, 0.15) is 74.1 Å². The fraction of sp³-hybridized carbons (Fsp3) is 0.462. The molecule has 0 radical (unpaired) electrons. The molecule has 0 heterocycles. The van der Waals surface area contributed by atoms with Crippen LogP contribution in [-0.2, 0) is 10.8 Å². The van der Waals surface area contributed by atoms with E-state index in [1.165, 1.54) is 105 Å². The monoisotopic (exact) mass is 476 g/mol. The number of quaternary nitrogens is 1. The van der Waals surface area contributed by atoms with Crippen molar-refractivity contribution in [2.24, 2.45) is 0 Å². The Morgan fingerprint density at radius 2 is 0.909 bits per heavy atom. The number of hydrogen-bond donors (Lipinski definition) is 2. The van der Waals surface area contributed by atoms with Crippen molar-refractivity contribution < 1.29 is 28.5 Å². The van der Waals surface area contributed by atoms with Crippen molar-refractivity contribution in [3.63, 3.8) is 0 Å². The van der Waals surface area contributed by atoms with Gasteiger partial charge in [-0.15, -0.1) is 0 Å². The first-order valence-electron chi connectivity index (χ1n) is 11.7. The second-order valence-electron chi connectivity index (χ2n) is 8.16. The molecule has 33 heavy (non-hydrogen) atoms. The lowest BCUT2D eigenvalue weighted by Crippen LogP contribution is -2.50. The summed E-state index contributed by atoms with van der Waals surface area (Å²) in [6.45, 7) is 14.8. The third-order valence-electron chi connectivity index (χ3n) is 5.42. The van der Waals surface area contributed by atoms with Crippen LogP contribution in [0.2, 0.25) is 0 Å². The molecule has 0 saturated carbocycles. The molecule has 2 aromatic rings. The summed E-state index contributed by atoms with van der Waals surface area (Å²) in [7, 11) is -1.48. The zero-order chi connectivity index (χ0) is 24.9. The van der Waals surface area contributed by atoms with Crippen LogP contribution in [0.5, 0.6) is 0 Å². The smallest absolute Gasteiger partial charge is 0.335 e. The van der Waals surface area contributed by atoms with Gasteiger partial charge in [0.15, 0.2) is 0 Å². The van der Waals surface area contributed by atoms with E-state index in [9.17, 15) is 13.8 Å². The van der Waals surface area contributed by atoms with Crippen molar-refractivity contribution in [2.45, 2.75) is 63.2 Å². The van der Waals surface area contributed by atoms with Gasteiger partial charge in [-0.2, -0.15) is 0 Å². The maximum Gasteiger partial charge on any atom is 0.335 e. The van der Waals surface area contributed by atoms with Gasteiger partial charge in [-0.3, -0.25) is 0 Å². The van der Waals surface area contributed by atoms with Gasteiger partial charge < -0.3 is 14.7 Å². The number of aromatic carboxylic acids is 2. The molecule has 2 N–H and O–H groups in total. The standard InChI is InChI=1S/C14H10O5S.C12H28N/c15-13(16)9-1-5-11(6-2-9)20(19)12-7-3-10(4-8-12)14(17)18;1-5-9-13(10-6-2,11-7-3)12-8-4/h1-8H,(H,15,16)(H,17,18);5-12H2,1-4H3/q;+1. The van der Waals surface area contributed by atoms with E-state index in [4.69, 9.17) is 10.2 Å². The summed E-state index contributed by atoms with van der Waals surface area (Å²) in [6, 6.07) is 11.4. The number of nitrogens with zero attached hydrogens (tertiary/aromatic N) is 1. The Kier molecular flexibility index (Phi) is 12.6. The molecule has 0 amide bonds. The molecule has 0 fully saturated rings. The van der Waals surface area contributed by atoms with Gasteiger partial charge in [0.1, 0.15) is 0 Å². The fourth-order valence-corrected chi connectivity index (χ4v) is 5.19. The molecule has 7 heteroatoms. The Labute approximate surface area is 200 Å². The van der Waals surface area contributed by atoms with Gasteiger partial charge in [0.25, 0.3) is 0 Å². The van der Waals surface area contributed by atoms with E-state index < -0.39 is 22.7 Å². The lowest BCUT2D eigenvalue weighted by atomic mass is 10.2. The normalized spacial score (nSPS) is 11.1. The molecule has 0 unspecified atom stereocenters. The zero-order valence-electron chi connectivity index (χ0n) is 20.3. The predicted molar refractivity (Wildman–Crippen MR) is 132 cm³/mol. The van der Waals surface area contributed by atoms with E-state index in [-0.39, 0.29) is 11.1 Å². The SMILES string of the molecule is CCC[N+](CCC)(CCC)CCC.O=C(O)c1ccc(S(=O)c2ccc(C(=O)O)cc2)cc1. The molecule has 0 aliphatic heterocycles. The van der Waals surface area contributed by atoms with Crippen LogP contribution in [0, 0.1) is 0 Å². The Balaban J connectivity index is 0.000000366. The second-order valence-corrected chi connectivity index (χ2v) is 9.64. The first-order chi connectivity index (χ1) is 15.7. The highest BCUT2D eigenvalue weighted by Gasteiger charge is 2.22. The quantitative estimate of drug-likeness (QED) is 0.384. The molecule has 0 aliphatic carbocycles. The summed E-state index contributed by atoms with van der Waals surface area (Å²) in [5.41, 5.74) is 0.235. The van der Waals surface area contributed by atoms with Gasteiger partial charge in [-0.05, 0) is 74.2 Å². The molecular formula is C26H38NO5S+. The molecule has 182 valence electrons. The largest absolute Gasteiger partial charge is 0.478 e. The van der Waals surface area contributed by atoms with Crippen molar-refractivity contribution in [3.05, 3.63) is 59.7 Å². The van der Waals surface area contributed by atoms with Crippen LogP contribution < -0.4 is 0 Å². The molecule has 0 bridgehead atoms. The van der Waals surface area contributed by atoms with Crippen LogP contribution in [0.4, 0.5) is 0 Å². The Morgan fingerprint density at radius 1 is 0.636 bits per heavy atom. The summed E-state index contributed by atoms with van der Waals surface area (Å²) < 4.78 is 13.6. The van der Waals surface area contributed by atoms with Crippen molar-refractivity contribution in [3.8, 4) is 0 Å². The van der Waals surface area contributed by atoms with Crippen LogP contribution in [0.25, 0.3) is 0 Å². The van der Waals surface area contributed by atoms with E-state index in [0.29, 0.717) is 9.79 Å². The topological polar surface area (TPSA) is 91.7 Å². The number of hydrogen-bond acceptors (Lipinski definition) is 3. The predicted octanol–water partition coefficient (Wildman–Crippen LogP) is 5.69. The highest BCUT2D eigenvalue weighted by atomic mass is 32.2. The number of benzene rings is 2. The van der Waals surface area contributed by atoms with Gasteiger partial charge in [0.2, 0.25) is 0 Å². The molecule has 6 nitrogen and oxygen atoms in total. The summed E-state index contributed by atoms with van der Waals surface area (Å²) in [4.78, 5) is 22.4. The minimum absolute atomic E-state index is 0.118. The van der Waals surface area contributed by atoms with Crippen LogP contribution >= 0.6 is 0 Å². The van der Waals surface area contributed by atoms with Crippen molar-refractivity contribution in [2.75, 3.05) is 26.2 Å². The maximum absolute atomic E-state index is 12.2. The van der Waals surface area contributed by atoms with E-state index >= 15 is 0 Å². The second kappa shape index (κ2) is 14.6. The van der Waals surface area contributed by atoms with Crippen LogP contribution in [-0.4, -0.2) is 57.0 Å². The van der Waals surface area contributed by atoms with E-state index in [2.05, 4.69) is 27.7 Å². The van der Waals surface area contributed by atoms with Gasteiger partial charge in [-0.25, -0.2) is 13.8 Å². The molecule has 0 spiro atoms. The lowest BCUT2D eigenvalue weighted by Gasteiger charge is -2.38. The zero-order valence-corrected chi connectivity index (χ0v) is 21.1. The number of carboxylic acid groups (broad SMARTS) is 2. The molecule has 2 aromatic carbocycles. The minimum atomic E-state index is -1.48. The molecule has 2 rings (SSSR count). The average molecular weight is 477 g/mol. The number of carbonyl (C=O) groups is 2. The van der Waals surface area contributed by atoms with Gasteiger partial charge >= 0.3 is 11.9 Å². The number of rotatable bonds is 12. The number of carboxylic acids is 2. The fourth-order valence-electron chi connectivity index (χ4n) is 4.15. The first-order valence-corrected chi connectivity index (χ1v) is 12.8. The summed E-state index contributed by atoms with van der Waals surface area (Å²) in [5.74, 6) is -2.10. The average Bonchev–Trinajstić information content (AvgIpc) is 2.80. The van der Waals surface area contributed by atoms with E-state index in [1.54, 1.807) is 0 Å². The summed E-state index contributed by atoms with van der Waals surface area (Å²) >= 11 is 0. The molecule has 0 saturated heterocycles. The Hall–Kier alpha value is -2.51. The third-order valence-corrected chi connectivity index (χ3v) is 6.82. The molecular weight excluding hydrogens is 438 g/mol. The summed E-state index contributed by atoms with van der Waals surface area (Å²) in [5, 5.41) is 17.6.